The van der Waals surface area contributed by atoms with Crippen LogP contribution in [0.25, 0.3) is 11.3 Å². The first-order valence-electron chi connectivity index (χ1n) is 13.0. The average Bonchev–Trinajstić information content (AvgIpc) is 2.90. The van der Waals surface area contributed by atoms with Crippen molar-refractivity contribution in [1.29, 1.82) is 0 Å². The first-order chi connectivity index (χ1) is 18.2. The molecular weight excluding hydrogens is 488 g/mol. The number of piperidine rings is 1. The van der Waals surface area contributed by atoms with Gasteiger partial charge in [-0.05, 0) is 65.0 Å². The van der Waals surface area contributed by atoms with Crippen molar-refractivity contribution in [1.82, 2.24) is 19.9 Å². The topological polar surface area (TPSA) is 77.5 Å². The molecule has 200 valence electrons. The Morgan fingerprint density at radius 2 is 1.82 bits per heavy atom. The lowest BCUT2D eigenvalue weighted by molar-refractivity contribution is -0.117. The molecule has 1 N–H and O–H groups in total. The summed E-state index contributed by atoms with van der Waals surface area (Å²) in [5, 5.41) is 3.03. The molecule has 0 unspecified atom stereocenters. The predicted octanol–water partition coefficient (Wildman–Crippen LogP) is 4.43. The molecule has 2 aliphatic rings. The number of halogens is 2. The van der Waals surface area contributed by atoms with Crippen molar-refractivity contribution in [2.24, 2.45) is 0 Å². The van der Waals surface area contributed by atoms with Crippen molar-refractivity contribution < 1.29 is 13.6 Å². The number of rotatable bonds is 6. The zero-order valence-corrected chi connectivity index (χ0v) is 22.2. The van der Waals surface area contributed by atoms with Crippen LogP contribution >= 0.6 is 0 Å². The van der Waals surface area contributed by atoms with Gasteiger partial charge in [-0.1, -0.05) is 0 Å². The van der Waals surface area contributed by atoms with E-state index >= 15 is 4.39 Å². The van der Waals surface area contributed by atoms with Crippen LogP contribution in [0.3, 0.4) is 0 Å². The van der Waals surface area contributed by atoms with Gasteiger partial charge in [0.05, 0.1) is 24.6 Å². The van der Waals surface area contributed by atoms with Gasteiger partial charge >= 0.3 is 0 Å². The molecule has 0 amide bonds. The van der Waals surface area contributed by atoms with E-state index in [1.54, 1.807) is 6.07 Å². The van der Waals surface area contributed by atoms with E-state index in [0.717, 1.165) is 37.8 Å². The quantitative estimate of drug-likeness (QED) is 0.511. The third kappa shape index (κ3) is 5.31. The van der Waals surface area contributed by atoms with Gasteiger partial charge in [0.1, 0.15) is 17.3 Å². The molecule has 0 aliphatic carbocycles. The van der Waals surface area contributed by atoms with E-state index in [1.807, 2.05) is 37.1 Å². The summed E-state index contributed by atoms with van der Waals surface area (Å²) < 4.78 is 29.9. The molecule has 5 rings (SSSR count). The Labute approximate surface area is 221 Å². The Morgan fingerprint density at radius 3 is 2.47 bits per heavy atom. The monoisotopic (exact) mass is 521 g/mol. The number of hydrogen-bond donors (Lipinski definition) is 1. The van der Waals surface area contributed by atoms with Gasteiger partial charge in [-0.25, -0.2) is 23.7 Å². The summed E-state index contributed by atoms with van der Waals surface area (Å²) in [6.45, 7) is 6.01. The van der Waals surface area contributed by atoms with E-state index < -0.39 is 11.6 Å². The fraction of sp³-hybridized carbons (Fsp3) is 0.429. The molecule has 8 nitrogen and oxygen atoms in total. The molecule has 1 aromatic carbocycles. The van der Waals surface area contributed by atoms with E-state index in [-0.39, 0.29) is 42.0 Å². The normalized spacial score (nSPS) is 16.4. The minimum absolute atomic E-state index is 0.0199. The predicted molar refractivity (Wildman–Crippen MR) is 145 cm³/mol. The fourth-order valence-corrected chi connectivity index (χ4v) is 5.21. The highest BCUT2D eigenvalue weighted by atomic mass is 19.1. The number of carbonyl (C=O) groups excluding carboxylic acids is 1. The third-order valence-electron chi connectivity index (χ3n) is 7.39. The summed E-state index contributed by atoms with van der Waals surface area (Å²) in [4.78, 5) is 31.5. The van der Waals surface area contributed by atoms with Gasteiger partial charge in [-0.15, -0.1) is 0 Å². The second kappa shape index (κ2) is 10.6. The summed E-state index contributed by atoms with van der Waals surface area (Å²) in [5.74, 6) is -0.579. The maximum absolute atomic E-state index is 15.1. The number of nitrogens with one attached hydrogen (secondary N) is 1. The van der Waals surface area contributed by atoms with Crippen LogP contribution < -0.4 is 15.1 Å². The zero-order chi connectivity index (χ0) is 27.0. The Hall–Kier alpha value is -3.66. The van der Waals surface area contributed by atoms with Crippen molar-refractivity contribution in [3.05, 3.63) is 53.9 Å². The Bertz CT molecular complexity index is 1320. The standard InChI is InChI=1S/C28H33F2N7O/c1-17(2)37-16-21(38)13-22-23(29)11-18(12-25(22)37)27-24(30)15-32-28(34-27)33-26-6-5-20(14-31-26)36-9-7-19(8-10-36)35(3)4/h5-6,11-12,14-15,17,19H,7-10,13,16H2,1-4H3,(H,31,32,33,34). The van der Waals surface area contributed by atoms with Crippen LogP contribution in [0, 0.1) is 11.6 Å². The number of nitrogens with zero attached hydrogens (tertiary/aromatic N) is 6. The number of pyridine rings is 1. The van der Waals surface area contributed by atoms with Crippen LogP contribution in [0.4, 0.5) is 31.9 Å². The smallest absolute Gasteiger partial charge is 0.229 e. The maximum atomic E-state index is 15.1. The number of Topliss-reactive ketones (excluding diaryl/α,β-unsaturated/α-hetero) is 1. The van der Waals surface area contributed by atoms with Gasteiger partial charge < -0.3 is 20.0 Å². The molecule has 0 radical (unpaired) electrons. The van der Waals surface area contributed by atoms with E-state index in [9.17, 15) is 9.18 Å². The molecule has 4 heterocycles. The number of anilines is 4. The van der Waals surface area contributed by atoms with Crippen molar-refractivity contribution in [2.75, 3.05) is 48.8 Å². The van der Waals surface area contributed by atoms with Gasteiger partial charge in [0.15, 0.2) is 11.6 Å². The minimum atomic E-state index is -0.665. The molecule has 2 aromatic heterocycles. The van der Waals surface area contributed by atoms with Crippen molar-refractivity contribution in [2.45, 2.75) is 45.2 Å². The number of benzene rings is 1. The number of hydrogen-bond acceptors (Lipinski definition) is 8. The van der Waals surface area contributed by atoms with Crippen LogP contribution in [0.1, 0.15) is 32.3 Å². The van der Waals surface area contributed by atoms with Crippen molar-refractivity contribution in [3.63, 3.8) is 0 Å². The summed E-state index contributed by atoms with van der Waals surface area (Å²) in [7, 11) is 4.24. The van der Waals surface area contributed by atoms with Crippen LogP contribution in [0.15, 0.2) is 36.7 Å². The summed E-state index contributed by atoms with van der Waals surface area (Å²) in [6.07, 6.45) is 5.11. The van der Waals surface area contributed by atoms with Gasteiger partial charge in [-0.3, -0.25) is 4.79 Å². The largest absolute Gasteiger partial charge is 0.370 e. The molecule has 0 bridgehead atoms. The van der Waals surface area contributed by atoms with Gasteiger partial charge in [-0.2, -0.15) is 0 Å². The van der Waals surface area contributed by atoms with E-state index in [4.69, 9.17) is 0 Å². The maximum Gasteiger partial charge on any atom is 0.229 e. The van der Waals surface area contributed by atoms with Gasteiger partial charge in [0, 0.05) is 48.4 Å². The number of ketones is 1. The number of aromatic nitrogens is 3. The van der Waals surface area contributed by atoms with E-state index in [0.29, 0.717) is 23.1 Å². The Balaban J connectivity index is 1.36. The minimum Gasteiger partial charge on any atom is -0.370 e. The molecule has 1 saturated heterocycles. The average molecular weight is 522 g/mol. The van der Waals surface area contributed by atoms with Crippen molar-refractivity contribution >= 4 is 28.9 Å². The molecule has 0 spiro atoms. The molecule has 0 saturated carbocycles. The Morgan fingerprint density at radius 1 is 1.05 bits per heavy atom. The lowest BCUT2D eigenvalue weighted by Gasteiger charge is -2.36. The first-order valence-corrected chi connectivity index (χ1v) is 13.0. The highest BCUT2D eigenvalue weighted by Gasteiger charge is 2.28. The SMILES string of the molecule is CC(C)N1CC(=O)Cc2c(F)cc(-c3nc(Nc4ccc(N5CCC(N(C)C)CC5)cn4)ncc3F)cc21. The fourth-order valence-electron chi connectivity index (χ4n) is 5.21. The van der Waals surface area contributed by atoms with Gasteiger partial charge in [0.25, 0.3) is 0 Å². The lowest BCUT2D eigenvalue weighted by atomic mass is 9.96. The van der Waals surface area contributed by atoms with E-state index in [1.165, 1.54) is 6.07 Å². The Kier molecular flexibility index (Phi) is 7.25. The van der Waals surface area contributed by atoms with Crippen LogP contribution in [-0.2, 0) is 11.2 Å². The summed E-state index contributed by atoms with van der Waals surface area (Å²) in [6, 6.07) is 7.36. The third-order valence-corrected chi connectivity index (χ3v) is 7.39. The summed E-state index contributed by atoms with van der Waals surface area (Å²) in [5.41, 5.74) is 2.24. The molecule has 1 fully saturated rings. The molecule has 10 heteroatoms. The van der Waals surface area contributed by atoms with Crippen LogP contribution in [-0.4, -0.2) is 71.4 Å². The highest BCUT2D eigenvalue weighted by Crippen LogP contribution is 2.35. The second-order valence-corrected chi connectivity index (χ2v) is 10.5. The molecule has 0 atom stereocenters. The molecular formula is C28H33F2N7O. The van der Waals surface area contributed by atoms with Gasteiger partial charge in [0.2, 0.25) is 5.95 Å². The van der Waals surface area contributed by atoms with Crippen LogP contribution in [0.2, 0.25) is 0 Å². The molecule has 3 aromatic rings. The summed E-state index contributed by atoms with van der Waals surface area (Å²) >= 11 is 0. The van der Waals surface area contributed by atoms with Crippen LogP contribution in [0.5, 0.6) is 0 Å². The van der Waals surface area contributed by atoms with E-state index in [2.05, 4.69) is 44.2 Å². The second-order valence-electron chi connectivity index (χ2n) is 10.5. The molecule has 2 aliphatic heterocycles. The number of carbonyl (C=O) groups is 1. The highest BCUT2D eigenvalue weighted by molar-refractivity contribution is 5.91. The molecule has 38 heavy (non-hydrogen) atoms. The van der Waals surface area contributed by atoms with Crippen molar-refractivity contribution in [3.8, 4) is 11.3 Å². The lowest BCUT2D eigenvalue weighted by Crippen LogP contribution is -2.42. The zero-order valence-electron chi connectivity index (χ0n) is 22.2. The number of fused-ring (bicyclic) bond motifs is 1. The first kappa shape index (κ1) is 26.0.